The molecular formula is C9H18N2O. The van der Waals surface area contributed by atoms with Crippen molar-refractivity contribution < 1.29 is 5.11 Å². The highest BCUT2D eigenvalue weighted by molar-refractivity contribution is 4.98. The molecule has 0 amide bonds. The molecule has 0 saturated carbocycles. The minimum absolute atomic E-state index is 0.226. The van der Waals surface area contributed by atoms with E-state index in [0.717, 1.165) is 12.1 Å². The predicted molar refractivity (Wildman–Crippen MR) is 47.8 cm³/mol. The lowest BCUT2D eigenvalue weighted by Gasteiger charge is -2.29. The third-order valence-electron chi connectivity index (χ3n) is 3.41. The second kappa shape index (κ2) is 3.32. The summed E-state index contributed by atoms with van der Waals surface area (Å²) in [6, 6.07) is 1.69. The Morgan fingerprint density at radius 3 is 2.08 bits per heavy atom. The number of nitrogens with zero attached hydrogens (tertiary/aromatic N) is 1. The van der Waals surface area contributed by atoms with E-state index in [4.69, 9.17) is 10.8 Å². The van der Waals surface area contributed by atoms with Crippen LogP contribution < -0.4 is 5.73 Å². The molecule has 2 fully saturated rings. The molecule has 0 radical (unpaired) electrons. The van der Waals surface area contributed by atoms with E-state index in [1.165, 1.54) is 25.7 Å². The van der Waals surface area contributed by atoms with Crippen molar-refractivity contribution in [3.8, 4) is 0 Å². The largest absolute Gasteiger partial charge is 0.395 e. The summed E-state index contributed by atoms with van der Waals surface area (Å²) in [5.74, 6) is 0. The molecule has 2 aliphatic rings. The average molecular weight is 170 g/mol. The highest BCUT2D eigenvalue weighted by Gasteiger charge is 2.42. The second-order valence-electron chi connectivity index (χ2n) is 3.98. The van der Waals surface area contributed by atoms with Gasteiger partial charge in [-0.25, -0.2) is 0 Å². The Kier molecular flexibility index (Phi) is 2.35. The monoisotopic (exact) mass is 170 g/mol. The standard InChI is InChI=1S/C9H18N2O/c10-5-9(6-12)11-7-1-2-8(11)4-3-7/h7-9,12H,1-6,10H2. The molecule has 3 nitrogen and oxygen atoms in total. The number of aliphatic hydroxyl groups excluding tert-OH is 1. The van der Waals surface area contributed by atoms with Gasteiger partial charge in [-0.15, -0.1) is 0 Å². The molecule has 0 aromatic carbocycles. The molecule has 2 rings (SSSR count). The van der Waals surface area contributed by atoms with Gasteiger partial charge in [0.15, 0.2) is 0 Å². The molecule has 1 atom stereocenters. The molecule has 3 heteroatoms. The van der Waals surface area contributed by atoms with Crippen LogP contribution in [-0.2, 0) is 0 Å². The maximum atomic E-state index is 9.13. The van der Waals surface area contributed by atoms with E-state index in [-0.39, 0.29) is 12.6 Å². The van der Waals surface area contributed by atoms with Crippen LogP contribution in [0.2, 0.25) is 0 Å². The molecule has 0 spiro atoms. The van der Waals surface area contributed by atoms with Gasteiger partial charge in [0.1, 0.15) is 0 Å². The number of aliphatic hydroxyl groups is 1. The van der Waals surface area contributed by atoms with E-state index < -0.39 is 0 Å². The fourth-order valence-corrected chi connectivity index (χ4v) is 2.84. The lowest BCUT2D eigenvalue weighted by molar-refractivity contribution is 0.113. The Hall–Kier alpha value is -0.120. The minimum Gasteiger partial charge on any atom is -0.395 e. The first-order valence-electron chi connectivity index (χ1n) is 4.95. The van der Waals surface area contributed by atoms with Gasteiger partial charge in [-0.1, -0.05) is 0 Å². The summed E-state index contributed by atoms with van der Waals surface area (Å²) in [7, 11) is 0. The Morgan fingerprint density at radius 1 is 1.25 bits per heavy atom. The molecule has 2 heterocycles. The maximum Gasteiger partial charge on any atom is 0.0599 e. The van der Waals surface area contributed by atoms with Gasteiger partial charge >= 0.3 is 0 Å². The van der Waals surface area contributed by atoms with Crippen molar-refractivity contribution in [1.29, 1.82) is 0 Å². The van der Waals surface area contributed by atoms with Gasteiger partial charge < -0.3 is 10.8 Å². The SMILES string of the molecule is NCC(CO)N1C2CCC1CC2. The molecule has 0 aliphatic carbocycles. The molecule has 0 aromatic heterocycles. The van der Waals surface area contributed by atoms with Gasteiger partial charge in [0.25, 0.3) is 0 Å². The summed E-state index contributed by atoms with van der Waals surface area (Å²) in [6.45, 7) is 0.826. The molecule has 3 N–H and O–H groups in total. The number of fused-ring (bicyclic) bond motifs is 2. The van der Waals surface area contributed by atoms with Crippen molar-refractivity contribution in [2.45, 2.75) is 43.8 Å². The summed E-state index contributed by atoms with van der Waals surface area (Å²) in [5.41, 5.74) is 5.61. The lowest BCUT2D eigenvalue weighted by Crippen LogP contribution is -2.45. The fourth-order valence-electron chi connectivity index (χ4n) is 2.84. The van der Waals surface area contributed by atoms with E-state index in [9.17, 15) is 0 Å². The molecule has 12 heavy (non-hydrogen) atoms. The summed E-state index contributed by atoms with van der Waals surface area (Å²) in [5, 5.41) is 9.13. The molecule has 2 saturated heterocycles. The van der Waals surface area contributed by atoms with Gasteiger partial charge in [-0.2, -0.15) is 0 Å². The Balaban J connectivity index is 2.03. The summed E-state index contributed by atoms with van der Waals surface area (Å²) >= 11 is 0. The number of hydrogen-bond donors (Lipinski definition) is 2. The Morgan fingerprint density at radius 2 is 1.75 bits per heavy atom. The van der Waals surface area contributed by atoms with Gasteiger partial charge in [0.05, 0.1) is 6.61 Å². The van der Waals surface area contributed by atoms with Crippen LogP contribution in [0.1, 0.15) is 25.7 Å². The zero-order chi connectivity index (χ0) is 8.55. The molecule has 1 unspecified atom stereocenters. The normalized spacial score (nSPS) is 37.5. The van der Waals surface area contributed by atoms with E-state index in [0.29, 0.717) is 6.54 Å². The van der Waals surface area contributed by atoms with Gasteiger partial charge in [0, 0.05) is 24.7 Å². The fraction of sp³-hybridized carbons (Fsp3) is 1.00. The molecule has 0 aromatic rings. The van der Waals surface area contributed by atoms with E-state index in [1.54, 1.807) is 0 Å². The van der Waals surface area contributed by atoms with Crippen molar-refractivity contribution >= 4 is 0 Å². The van der Waals surface area contributed by atoms with Gasteiger partial charge in [0.2, 0.25) is 0 Å². The molecule has 2 aliphatic heterocycles. The van der Waals surface area contributed by atoms with Crippen molar-refractivity contribution in [3.05, 3.63) is 0 Å². The van der Waals surface area contributed by atoms with Crippen molar-refractivity contribution in [2.24, 2.45) is 5.73 Å². The highest BCUT2D eigenvalue weighted by Crippen LogP contribution is 2.38. The van der Waals surface area contributed by atoms with Crippen LogP contribution >= 0.6 is 0 Å². The third-order valence-corrected chi connectivity index (χ3v) is 3.41. The summed E-state index contributed by atoms with van der Waals surface area (Å²) < 4.78 is 0. The van der Waals surface area contributed by atoms with Gasteiger partial charge in [-0.3, -0.25) is 4.90 Å². The van der Waals surface area contributed by atoms with Gasteiger partial charge in [-0.05, 0) is 25.7 Å². The number of rotatable bonds is 3. The molecule has 2 bridgehead atoms. The first-order valence-corrected chi connectivity index (χ1v) is 4.95. The van der Waals surface area contributed by atoms with Crippen molar-refractivity contribution in [2.75, 3.05) is 13.2 Å². The first-order chi connectivity index (χ1) is 5.86. The van der Waals surface area contributed by atoms with Crippen LogP contribution in [0.4, 0.5) is 0 Å². The third kappa shape index (κ3) is 1.16. The highest BCUT2D eigenvalue weighted by atomic mass is 16.3. The maximum absolute atomic E-state index is 9.13. The smallest absolute Gasteiger partial charge is 0.0599 e. The summed E-state index contributed by atoms with van der Waals surface area (Å²) in [4.78, 5) is 2.46. The Labute approximate surface area is 73.5 Å². The number of hydrogen-bond acceptors (Lipinski definition) is 3. The predicted octanol–water partition coefficient (Wildman–Crippen LogP) is -0.0672. The van der Waals surface area contributed by atoms with Crippen LogP contribution in [0.25, 0.3) is 0 Å². The van der Waals surface area contributed by atoms with Crippen LogP contribution in [0, 0.1) is 0 Å². The quantitative estimate of drug-likeness (QED) is 0.623. The van der Waals surface area contributed by atoms with Crippen molar-refractivity contribution in [3.63, 3.8) is 0 Å². The summed E-state index contributed by atoms with van der Waals surface area (Å²) in [6.07, 6.45) is 5.28. The Bertz CT molecular complexity index is 139. The zero-order valence-corrected chi connectivity index (χ0v) is 7.45. The first kappa shape index (κ1) is 8.48. The van der Waals surface area contributed by atoms with Crippen LogP contribution in [-0.4, -0.2) is 41.3 Å². The average Bonchev–Trinajstić information content (AvgIpc) is 2.68. The van der Waals surface area contributed by atoms with E-state index in [2.05, 4.69) is 4.90 Å². The number of nitrogens with two attached hydrogens (primary N) is 1. The lowest BCUT2D eigenvalue weighted by atomic mass is 10.0. The van der Waals surface area contributed by atoms with Crippen LogP contribution in [0.3, 0.4) is 0 Å². The van der Waals surface area contributed by atoms with Crippen LogP contribution in [0.5, 0.6) is 0 Å². The topological polar surface area (TPSA) is 49.5 Å². The van der Waals surface area contributed by atoms with E-state index >= 15 is 0 Å². The minimum atomic E-state index is 0.226. The zero-order valence-electron chi connectivity index (χ0n) is 7.45. The van der Waals surface area contributed by atoms with Crippen molar-refractivity contribution in [1.82, 2.24) is 4.90 Å². The van der Waals surface area contributed by atoms with E-state index in [1.807, 2.05) is 0 Å². The van der Waals surface area contributed by atoms with Crippen LogP contribution in [0.15, 0.2) is 0 Å². The molecule has 70 valence electrons. The second-order valence-corrected chi connectivity index (χ2v) is 3.98. The molecular weight excluding hydrogens is 152 g/mol.